The largest absolute Gasteiger partial charge is 0.368 e. The SMILES string of the molecule is NC(=O)[C@@H]1CCCN1C1CCN(Cc2cc(Br)ccc2Cl)CC1. The van der Waals surface area contributed by atoms with Gasteiger partial charge in [-0.05, 0) is 69.1 Å². The predicted molar refractivity (Wildman–Crippen MR) is 96.4 cm³/mol. The van der Waals surface area contributed by atoms with Gasteiger partial charge in [0.05, 0.1) is 6.04 Å². The second-order valence-corrected chi connectivity index (χ2v) is 7.86. The van der Waals surface area contributed by atoms with Gasteiger partial charge >= 0.3 is 0 Å². The fourth-order valence-corrected chi connectivity index (χ4v) is 4.43. The molecule has 0 bridgehead atoms. The molecule has 0 unspecified atom stereocenters. The van der Waals surface area contributed by atoms with E-state index in [1.807, 2.05) is 12.1 Å². The Kier molecular flexibility index (Phi) is 5.62. The molecule has 1 atom stereocenters. The lowest BCUT2D eigenvalue weighted by Gasteiger charge is -2.38. The van der Waals surface area contributed by atoms with Crippen LogP contribution >= 0.6 is 27.5 Å². The lowest BCUT2D eigenvalue weighted by atomic mass is 10.0. The van der Waals surface area contributed by atoms with Crippen LogP contribution in [0.1, 0.15) is 31.2 Å². The number of carbonyl (C=O) groups excluding carboxylic acids is 1. The van der Waals surface area contributed by atoms with Gasteiger partial charge in [-0.2, -0.15) is 0 Å². The number of amides is 1. The molecule has 0 saturated carbocycles. The number of hydrogen-bond donors (Lipinski definition) is 1. The van der Waals surface area contributed by atoms with Crippen molar-refractivity contribution in [1.29, 1.82) is 0 Å². The summed E-state index contributed by atoms with van der Waals surface area (Å²) in [5, 5.41) is 0.823. The van der Waals surface area contributed by atoms with Crippen molar-refractivity contribution in [3.05, 3.63) is 33.3 Å². The van der Waals surface area contributed by atoms with Crippen molar-refractivity contribution in [1.82, 2.24) is 9.80 Å². The van der Waals surface area contributed by atoms with Crippen LogP contribution in [-0.2, 0) is 11.3 Å². The molecule has 3 rings (SSSR count). The van der Waals surface area contributed by atoms with Gasteiger partial charge in [0.25, 0.3) is 0 Å². The predicted octanol–water partition coefficient (Wildman–Crippen LogP) is 3.02. The van der Waals surface area contributed by atoms with Crippen LogP contribution in [0.5, 0.6) is 0 Å². The molecule has 2 fully saturated rings. The van der Waals surface area contributed by atoms with Crippen LogP contribution in [0, 0.1) is 0 Å². The molecule has 1 aromatic rings. The molecule has 2 aliphatic rings. The summed E-state index contributed by atoms with van der Waals surface area (Å²) in [7, 11) is 0. The van der Waals surface area contributed by atoms with E-state index in [-0.39, 0.29) is 11.9 Å². The number of nitrogens with two attached hydrogens (primary N) is 1. The Hall–Kier alpha value is -0.620. The maximum atomic E-state index is 11.6. The highest BCUT2D eigenvalue weighted by Crippen LogP contribution is 2.28. The first kappa shape index (κ1) is 17.2. The molecule has 2 aliphatic heterocycles. The average Bonchev–Trinajstić information content (AvgIpc) is 3.01. The molecule has 2 saturated heterocycles. The van der Waals surface area contributed by atoms with E-state index >= 15 is 0 Å². The second-order valence-electron chi connectivity index (χ2n) is 6.54. The number of carbonyl (C=O) groups is 1. The third-order valence-corrected chi connectivity index (χ3v) is 5.91. The van der Waals surface area contributed by atoms with Crippen molar-refractivity contribution in [2.24, 2.45) is 5.73 Å². The minimum absolute atomic E-state index is 0.0499. The number of benzene rings is 1. The van der Waals surface area contributed by atoms with Gasteiger partial charge in [-0.1, -0.05) is 27.5 Å². The zero-order valence-corrected chi connectivity index (χ0v) is 15.5. The zero-order valence-electron chi connectivity index (χ0n) is 13.2. The first-order chi connectivity index (χ1) is 11.0. The maximum absolute atomic E-state index is 11.6. The lowest BCUT2D eigenvalue weighted by molar-refractivity contribution is -0.123. The van der Waals surface area contributed by atoms with E-state index in [2.05, 4.69) is 31.8 Å². The van der Waals surface area contributed by atoms with E-state index in [0.717, 1.165) is 66.9 Å². The van der Waals surface area contributed by atoms with Crippen LogP contribution in [0.4, 0.5) is 0 Å². The van der Waals surface area contributed by atoms with Crippen LogP contribution in [0.3, 0.4) is 0 Å². The van der Waals surface area contributed by atoms with Gasteiger partial charge in [0, 0.05) is 22.1 Å². The fraction of sp³-hybridized carbons (Fsp3) is 0.588. The molecular formula is C17H23BrClN3O. The Labute approximate surface area is 151 Å². The van der Waals surface area contributed by atoms with Gasteiger partial charge < -0.3 is 5.73 Å². The Morgan fingerprint density at radius 1 is 1.26 bits per heavy atom. The van der Waals surface area contributed by atoms with Crippen LogP contribution in [0.2, 0.25) is 5.02 Å². The Morgan fingerprint density at radius 3 is 2.70 bits per heavy atom. The van der Waals surface area contributed by atoms with E-state index in [4.69, 9.17) is 17.3 Å². The van der Waals surface area contributed by atoms with Crippen LogP contribution in [-0.4, -0.2) is 47.4 Å². The molecule has 0 spiro atoms. The molecule has 1 aromatic carbocycles. The van der Waals surface area contributed by atoms with Crippen molar-refractivity contribution >= 4 is 33.4 Å². The highest BCUT2D eigenvalue weighted by Gasteiger charge is 2.35. The van der Waals surface area contributed by atoms with E-state index in [1.165, 1.54) is 0 Å². The Bertz CT molecular complexity index is 575. The number of primary amides is 1. The first-order valence-electron chi connectivity index (χ1n) is 8.26. The minimum atomic E-state index is -0.161. The molecule has 126 valence electrons. The molecule has 2 heterocycles. The monoisotopic (exact) mass is 399 g/mol. The van der Waals surface area contributed by atoms with Crippen molar-refractivity contribution in [2.45, 2.75) is 44.3 Å². The molecule has 6 heteroatoms. The summed E-state index contributed by atoms with van der Waals surface area (Å²) in [4.78, 5) is 16.4. The summed E-state index contributed by atoms with van der Waals surface area (Å²) in [6, 6.07) is 6.44. The summed E-state index contributed by atoms with van der Waals surface area (Å²) in [6.45, 7) is 3.96. The summed E-state index contributed by atoms with van der Waals surface area (Å²) in [5.41, 5.74) is 6.71. The molecule has 0 aliphatic carbocycles. The van der Waals surface area contributed by atoms with Crippen LogP contribution in [0.15, 0.2) is 22.7 Å². The van der Waals surface area contributed by atoms with Gasteiger partial charge in [-0.25, -0.2) is 0 Å². The smallest absolute Gasteiger partial charge is 0.234 e. The number of hydrogen-bond acceptors (Lipinski definition) is 3. The minimum Gasteiger partial charge on any atom is -0.368 e. The van der Waals surface area contributed by atoms with Crippen LogP contribution in [0.25, 0.3) is 0 Å². The second kappa shape index (κ2) is 7.51. The zero-order chi connectivity index (χ0) is 16.4. The summed E-state index contributed by atoms with van der Waals surface area (Å²) < 4.78 is 1.06. The highest BCUT2D eigenvalue weighted by molar-refractivity contribution is 9.10. The van der Waals surface area contributed by atoms with E-state index in [0.29, 0.717) is 6.04 Å². The van der Waals surface area contributed by atoms with Crippen molar-refractivity contribution < 1.29 is 4.79 Å². The molecule has 1 amide bonds. The standard InChI is InChI=1S/C17H23BrClN3O/c18-13-3-4-15(19)12(10-13)11-21-8-5-14(6-9-21)22-7-1-2-16(22)17(20)23/h3-4,10,14,16H,1-2,5-9,11H2,(H2,20,23)/t16-/m0/s1. The molecular weight excluding hydrogens is 378 g/mol. The molecule has 23 heavy (non-hydrogen) atoms. The Balaban J connectivity index is 1.56. The molecule has 0 radical (unpaired) electrons. The molecule has 4 nitrogen and oxygen atoms in total. The topological polar surface area (TPSA) is 49.6 Å². The summed E-state index contributed by atoms with van der Waals surface area (Å²) in [6.07, 6.45) is 4.19. The molecule has 2 N–H and O–H groups in total. The van der Waals surface area contributed by atoms with E-state index < -0.39 is 0 Å². The normalized spacial score (nSPS) is 24.2. The summed E-state index contributed by atoms with van der Waals surface area (Å²) >= 11 is 9.80. The van der Waals surface area contributed by atoms with E-state index in [1.54, 1.807) is 0 Å². The Morgan fingerprint density at radius 2 is 2.00 bits per heavy atom. The van der Waals surface area contributed by atoms with Gasteiger partial charge in [0.2, 0.25) is 5.91 Å². The third-order valence-electron chi connectivity index (χ3n) is 5.05. The number of piperidine rings is 1. The fourth-order valence-electron chi connectivity index (χ4n) is 3.85. The third kappa shape index (κ3) is 4.08. The van der Waals surface area contributed by atoms with Crippen LogP contribution < -0.4 is 5.73 Å². The summed E-state index contributed by atoms with van der Waals surface area (Å²) in [5.74, 6) is -0.161. The quantitative estimate of drug-likeness (QED) is 0.845. The van der Waals surface area contributed by atoms with Gasteiger partial charge in [0.15, 0.2) is 0 Å². The van der Waals surface area contributed by atoms with Gasteiger partial charge in [-0.15, -0.1) is 0 Å². The first-order valence-corrected chi connectivity index (χ1v) is 9.43. The maximum Gasteiger partial charge on any atom is 0.234 e. The number of halogens is 2. The van der Waals surface area contributed by atoms with E-state index in [9.17, 15) is 4.79 Å². The number of nitrogens with zero attached hydrogens (tertiary/aromatic N) is 2. The van der Waals surface area contributed by atoms with Crippen molar-refractivity contribution in [3.8, 4) is 0 Å². The van der Waals surface area contributed by atoms with Crippen molar-refractivity contribution in [3.63, 3.8) is 0 Å². The highest BCUT2D eigenvalue weighted by atomic mass is 79.9. The number of likely N-dealkylation sites (tertiary alicyclic amines) is 2. The van der Waals surface area contributed by atoms with Gasteiger partial charge in [-0.3, -0.25) is 14.6 Å². The number of rotatable bonds is 4. The van der Waals surface area contributed by atoms with Gasteiger partial charge in [0.1, 0.15) is 0 Å². The van der Waals surface area contributed by atoms with Crippen molar-refractivity contribution in [2.75, 3.05) is 19.6 Å². The average molecular weight is 401 g/mol. The lowest BCUT2D eigenvalue weighted by Crippen LogP contribution is -2.50. The molecule has 0 aromatic heterocycles.